The Labute approximate surface area is 141 Å². The molecule has 3 aliphatic heterocycles. The molecule has 2 bridgehead atoms. The molecular weight excluding hydrogens is 304 g/mol. The van der Waals surface area contributed by atoms with E-state index in [2.05, 4.69) is 19.1 Å². The number of ketones is 1. The summed E-state index contributed by atoms with van der Waals surface area (Å²) in [7, 11) is 0. The van der Waals surface area contributed by atoms with E-state index in [0.29, 0.717) is 26.1 Å². The standard InChI is InChI=1S/C20H22O4/c1-17(2)11-20-15-10-22-9-14(15)19(23-24-20,12-18(20,3)16(17)21)13-7-5-4-6-8-13/h4-8H,9-12H2,1-3H3/t18-,19+,20-/m1/s1. The molecule has 2 fully saturated rings. The second kappa shape index (κ2) is 4.18. The highest BCUT2D eigenvalue weighted by molar-refractivity contribution is 5.95. The highest BCUT2D eigenvalue weighted by atomic mass is 17.2. The van der Waals surface area contributed by atoms with Crippen LogP contribution < -0.4 is 0 Å². The molecule has 0 amide bonds. The first-order chi connectivity index (χ1) is 11.4. The fraction of sp³-hybridized carbons (Fsp3) is 0.550. The van der Waals surface area contributed by atoms with E-state index in [9.17, 15) is 4.79 Å². The van der Waals surface area contributed by atoms with Gasteiger partial charge in [0.15, 0.2) is 5.60 Å². The predicted octanol–water partition coefficient (Wildman–Crippen LogP) is 3.32. The van der Waals surface area contributed by atoms with Crippen LogP contribution in [0.5, 0.6) is 0 Å². The summed E-state index contributed by atoms with van der Waals surface area (Å²) in [6.07, 6.45) is 1.27. The molecule has 1 aromatic carbocycles. The summed E-state index contributed by atoms with van der Waals surface area (Å²) in [5, 5.41) is 0. The summed E-state index contributed by atoms with van der Waals surface area (Å²) in [4.78, 5) is 25.5. The van der Waals surface area contributed by atoms with E-state index < -0.39 is 22.0 Å². The number of hydrogen-bond acceptors (Lipinski definition) is 4. The zero-order valence-electron chi connectivity index (χ0n) is 14.3. The van der Waals surface area contributed by atoms with E-state index in [4.69, 9.17) is 14.5 Å². The third-order valence-corrected chi connectivity index (χ3v) is 6.70. The predicted molar refractivity (Wildman–Crippen MR) is 87.0 cm³/mol. The number of carbonyl (C=O) groups is 1. The first kappa shape index (κ1) is 14.8. The van der Waals surface area contributed by atoms with E-state index >= 15 is 0 Å². The Morgan fingerprint density at radius 1 is 0.917 bits per heavy atom. The van der Waals surface area contributed by atoms with E-state index in [0.717, 1.165) is 11.1 Å². The fourth-order valence-electron chi connectivity index (χ4n) is 5.67. The molecule has 24 heavy (non-hydrogen) atoms. The molecule has 5 aliphatic rings. The lowest BCUT2D eigenvalue weighted by Gasteiger charge is -2.57. The van der Waals surface area contributed by atoms with Crippen LogP contribution in [0.3, 0.4) is 0 Å². The maximum absolute atomic E-state index is 13.3. The Kier molecular flexibility index (Phi) is 2.58. The highest BCUT2D eigenvalue weighted by Gasteiger charge is 2.76. The number of rotatable bonds is 1. The van der Waals surface area contributed by atoms with Gasteiger partial charge in [-0.2, -0.15) is 0 Å². The number of carbonyl (C=O) groups excluding carboxylic acids is 1. The van der Waals surface area contributed by atoms with Crippen molar-refractivity contribution in [2.75, 3.05) is 13.2 Å². The van der Waals surface area contributed by atoms with Gasteiger partial charge in [0.25, 0.3) is 0 Å². The van der Waals surface area contributed by atoms with Gasteiger partial charge in [0, 0.05) is 11.8 Å². The van der Waals surface area contributed by atoms with Crippen molar-refractivity contribution in [2.24, 2.45) is 10.8 Å². The molecule has 6 rings (SSSR count). The van der Waals surface area contributed by atoms with Crippen molar-refractivity contribution >= 4 is 5.78 Å². The highest BCUT2D eigenvalue weighted by Crippen LogP contribution is 2.70. The Hall–Kier alpha value is -1.49. The second-order valence-corrected chi connectivity index (χ2v) is 8.54. The number of fused-ring (bicyclic) bond motifs is 1. The van der Waals surface area contributed by atoms with E-state index in [1.807, 2.05) is 32.0 Å². The van der Waals surface area contributed by atoms with Gasteiger partial charge in [-0.25, -0.2) is 9.78 Å². The van der Waals surface area contributed by atoms with Crippen molar-refractivity contribution in [3.05, 3.63) is 47.0 Å². The van der Waals surface area contributed by atoms with Crippen molar-refractivity contribution in [2.45, 2.75) is 44.8 Å². The monoisotopic (exact) mass is 326 g/mol. The first-order valence-electron chi connectivity index (χ1n) is 8.64. The van der Waals surface area contributed by atoms with Crippen molar-refractivity contribution in [1.82, 2.24) is 0 Å². The molecule has 1 spiro atoms. The lowest BCUT2D eigenvalue weighted by atomic mass is 9.56. The van der Waals surface area contributed by atoms with Gasteiger partial charge in [0.2, 0.25) is 0 Å². The van der Waals surface area contributed by atoms with Crippen LogP contribution in [0.15, 0.2) is 41.5 Å². The van der Waals surface area contributed by atoms with Crippen LogP contribution in [0.2, 0.25) is 0 Å². The topological polar surface area (TPSA) is 44.8 Å². The second-order valence-electron chi connectivity index (χ2n) is 8.54. The Morgan fingerprint density at radius 3 is 2.38 bits per heavy atom. The van der Waals surface area contributed by atoms with Crippen LogP contribution in [0.4, 0.5) is 0 Å². The van der Waals surface area contributed by atoms with Gasteiger partial charge in [-0.3, -0.25) is 4.79 Å². The van der Waals surface area contributed by atoms with Crippen LogP contribution in [0.1, 0.15) is 39.2 Å². The van der Waals surface area contributed by atoms with Gasteiger partial charge in [0.05, 0.1) is 18.6 Å². The lowest BCUT2D eigenvalue weighted by Crippen LogP contribution is -2.63. The largest absolute Gasteiger partial charge is 0.373 e. The minimum absolute atomic E-state index is 0.275. The molecule has 1 saturated heterocycles. The van der Waals surface area contributed by atoms with Gasteiger partial charge in [-0.05, 0) is 30.1 Å². The Morgan fingerprint density at radius 2 is 1.62 bits per heavy atom. The minimum atomic E-state index is -0.709. The summed E-state index contributed by atoms with van der Waals surface area (Å²) in [5.41, 5.74) is 0.964. The summed E-state index contributed by atoms with van der Waals surface area (Å²) >= 11 is 0. The zero-order valence-corrected chi connectivity index (χ0v) is 14.3. The molecule has 3 atom stereocenters. The lowest BCUT2D eigenvalue weighted by molar-refractivity contribution is -0.458. The molecule has 0 radical (unpaired) electrons. The molecule has 4 nitrogen and oxygen atoms in total. The van der Waals surface area contributed by atoms with Crippen LogP contribution in [-0.2, 0) is 24.9 Å². The average molecular weight is 326 g/mol. The SMILES string of the molecule is CC1(C)C[C@]23OO[C@](c4ccccc4)(C[C@]2(C)C1=O)C1=C3COC1. The maximum atomic E-state index is 13.3. The first-order valence-corrected chi connectivity index (χ1v) is 8.64. The van der Waals surface area contributed by atoms with Gasteiger partial charge < -0.3 is 4.74 Å². The smallest absolute Gasteiger partial charge is 0.153 e. The molecule has 4 heteroatoms. The minimum Gasteiger partial charge on any atom is -0.373 e. The number of ether oxygens (including phenoxy) is 1. The number of hydrogen-bond donors (Lipinski definition) is 0. The normalized spacial score (nSPS) is 42.4. The molecule has 3 heterocycles. The van der Waals surface area contributed by atoms with Gasteiger partial charge >= 0.3 is 0 Å². The van der Waals surface area contributed by atoms with Crippen molar-refractivity contribution in [1.29, 1.82) is 0 Å². The summed E-state index contributed by atoms with van der Waals surface area (Å²) in [5.74, 6) is 0.275. The van der Waals surface area contributed by atoms with Crippen molar-refractivity contribution < 1.29 is 19.3 Å². The number of benzene rings is 1. The molecule has 0 unspecified atom stereocenters. The van der Waals surface area contributed by atoms with Crippen LogP contribution >= 0.6 is 0 Å². The third kappa shape index (κ3) is 1.41. The van der Waals surface area contributed by atoms with Gasteiger partial charge in [-0.15, -0.1) is 0 Å². The van der Waals surface area contributed by atoms with Crippen molar-refractivity contribution in [3.63, 3.8) is 0 Å². The van der Waals surface area contributed by atoms with Gasteiger partial charge in [-0.1, -0.05) is 44.2 Å². The van der Waals surface area contributed by atoms with Crippen LogP contribution in [0.25, 0.3) is 0 Å². The third-order valence-electron chi connectivity index (χ3n) is 6.70. The van der Waals surface area contributed by atoms with Crippen LogP contribution in [-0.4, -0.2) is 24.6 Å². The zero-order chi connectivity index (χ0) is 16.8. The fourth-order valence-corrected chi connectivity index (χ4v) is 5.67. The van der Waals surface area contributed by atoms with Gasteiger partial charge in [0.1, 0.15) is 11.4 Å². The van der Waals surface area contributed by atoms with Crippen molar-refractivity contribution in [3.8, 4) is 0 Å². The quantitative estimate of drug-likeness (QED) is 0.587. The average Bonchev–Trinajstić information content (AvgIpc) is 3.13. The molecule has 126 valence electrons. The number of Topliss-reactive ketones (excluding diaryl/α,β-unsaturated/α-hetero) is 1. The Bertz CT molecular complexity index is 780. The maximum Gasteiger partial charge on any atom is 0.153 e. The molecular formula is C20H22O4. The van der Waals surface area contributed by atoms with E-state index in [-0.39, 0.29) is 5.78 Å². The van der Waals surface area contributed by atoms with E-state index in [1.165, 1.54) is 5.57 Å². The molecule has 0 aromatic heterocycles. The molecule has 2 aliphatic carbocycles. The summed E-state index contributed by atoms with van der Waals surface area (Å²) < 4.78 is 5.82. The molecule has 1 aromatic rings. The summed E-state index contributed by atoms with van der Waals surface area (Å²) in [6.45, 7) is 7.20. The van der Waals surface area contributed by atoms with E-state index in [1.54, 1.807) is 0 Å². The molecule has 0 N–H and O–H groups in total. The molecule has 1 saturated carbocycles. The Balaban J connectivity index is 1.79. The summed E-state index contributed by atoms with van der Waals surface area (Å²) in [6, 6.07) is 10.1. The van der Waals surface area contributed by atoms with Crippen LogP contribution in [0, 0.1) is 10.8 Å².